The lowest BCUT2D eigenvalue weighted by molar-refractivity contribution is 0.285. The lowest BCUT2D eigenvalue weighted by Gasteiger charge is -2.18. The van der Waals surface area contributed by atoms with Gasteiger partial charge in [0.05, 0.1) is 11.6 Å². The molecule has 0 spiro atoms. The maximum Gasteiger partial charge on any atom is 0.175 e. The van der Waals surface area contributed by atoms with E-state index in [1.807, 2.05) is 18.2 Å². The minimum Gasteiger partial charge on any atom is -0.493 e. The Morgan fingerprint density at radius 2 is 1.95 bits per heavy atom. The van der Waals surface area contributed by atoms with E-state index in [-0.39, 0.29) is 0 Å². The number of nitrogens with one attached hydrogen (secondary N) is 1. The average Bonchev–Trinajstić information content (AvgIpc) is 2.33. The zero-order valence-corrected chi connectivity index (χ0v) is 13.8. The normalized spacial score (nSPS) is 11.4. The van der Waals surface area contributed by atoms with Gasteiger partial charge in [-0.15, -0.1) is 0 Å². The molecule has 0 atom stereocenters. The number of benzene rings is 1. The number of ether oxygens (including phenoxy) is 2. The summed E-state index contributed by atoms with van der Waals surface area (Å²) < 4.78 is 11.9. The first kappa shape index (κ1) is 16.3. The molecule has 0 aliphatic carbocycles. The minimum atomic E-state index is 0.375. The van der Waals surface area contributed by atoms with E-state index in [1.165, 1.54) is 0 Å². The van der Waals surface area contributed by atoms with Crippen LogP contribution in [0.15, 0.2) is 22.7 Å². The lowest BCUT2D eigenvalue weighted by Crippen LogP contribution is -2.25. The SMILES string of the molecule is COc1cccc(Br)c1OCCNCCC(C)(C)C. The van der Waals surface area contributed by atoms with Gasteiger partial charge in [0.15, 0.2) is 11.5 Å². The molecule has 0 radical (unpaired) electrons. The molecule has 0 unspecified atom stereocenters. The summed E-state index contributed by atoms with van der Waals surface area (Å²) in [6.07, 6.45) is 1.16. The summed E-state index contributed by atoms with van der Waals surface area (Å²) >= 11 is 3.47. The maximum absolute atomic E-state index is 5.76. The van der Waals surface area contributed by atoms with Crippen molar-refractivity contribution in [1.29, 1.82) is 0 Å². The lowest BCUT2D eigenvalue weighted by atomic mass is 9.92. The van der Waals surface area contributed by atoms with Gasteiger partial charge in [0.1, 0.15) is 6.61 Å². The zero-order chi connectivity index (χ0) is 14.3. The maximum atomic E-state index is 5.76. The number of rotatable bonds is 7. The third-order valence-corrected chi connectivity index (χ3v) is 3.35. The van der Waals surface area contributed by atoms with Gasteiger partial charge in [-0.2, -0.15) is 0 Å². The van der Waals surface area contributed by atoms with Crippen LogP contribution in [0.2, 0.25) is 0 Å². The third kappa shape index (κ3) is 6.30. The summed E-state index contributed by atoms with van der Waals surface area (Å²) in [5.74, 6) is 1.52. The second-order valence-corrected chi connectivity index (χ2v) is 6.53. The largest absolute Gasteiger partial charge is 0.493 e. The highest BCUT2D eigenvalue weighted by Crippen LogP contribution is 2.34. The molecular weight excluding hydrogens is 306 g/mol. The molecule has 0 bridgehead atoms. The molecule has 0 amide bonds. The summed E-state index contributed by atoms with van der Waals surface area (Å²) in [6, 6.07) is 5.77. The van der Waals surface area contributed by atoms with Crippen molar-refractivity contribution < 1.29 is 9.47 Å². The van der Waals surface area contributed by atoms with Crippen LogP contribution in [0, 0.1) is 5.41 Å². The van der Waals surface area contributed by atoms with Gasteiger partial charge in [-0.05, 0) is 46.4 Å². The molecule has 1 rings (SSSR count). The summed E-state index contributed by atoms with van der Waals surface area (Å²) in [5.41, 5.74) is 0.375. The van der Waals surface area contributed by atoms with Crippen LogP contribution < -0.4 is 14.8 Å². The molecule has 0 saturated heterocycles. The molecule has 0 heterocycles. The minimum absolute atomic E-state index is 0.375. The van der Waals surface area contributed by atoms with Crippen molar-refractivity contribution in [2.24, 2.45) is 5.41 Å². The van der Waals surface area contributed by atoms with E-state index in [0.717, 1.165) is 35.5 Å². The van der Waals surface area contributed by atoms with Crippen molar-refractivity contribution in [3.63, 3.8) is 0 Å². The predicted molar refractivity (Wildman–Crippen MR) is 83.1 cm³/mol. The van der Waals surface area contributed by atoms with E-state index in [2.05, 4.69) is 42.0 Å². The standard InChI is InChI=1S/C15H24BrNO2/c1-15(2,3)8-9-17-10-11-19-14-12(16)6-5-7-13(14)18-4/h5-7,17H,8-11H2,1-4H3. The Morgan fingerprint density at radius 1 is 1.21 bits per heavy atom. The third-order valence-electron chi connectivity index (χ3n) is 2.73. The first-order valence-corrected chi connectivity index (χ1v) is 7.39. The molecule has 0 fully saturated rings. The summed E-state index contributed by atoms with van der Waals surface area (Å²) in [4.78, 5) is 0. The fourth-order valence-electron chi connectivity index (χ4n) is 1.60. The van der Waals surface area contributed by atoms with Crippen LogP contribution in [-0.2, 0) is 0 Å². The van der Waals surface area contributed by atoms with Gasteiger partial charge in [-0.1, -0.05) is 26.8 Å². The van der Waals surface area contributed by atoms with Gasteiger partial charge in [0.2, 0.25) is 0 Å². The van der Waals surface area contributed by atoms with Crippen LogP contribution in [0.1, 0.15) is 27.2 Å². The first-order valence-electron chi connectivity index (χ1n) is 6.60. The Kier molecular flexibility index (Phi) is 6.66. The summed E-state index contributed by atoms with van der Waals surface area (Å²) in [6.45, 7) is 9.22. The van der Waals surface area contributed by atoms with Crippen LogP contribution in [-0.4, -0.2) is 26.8 Å². The Hall–Kier alpha value is -0.740. The molecule has 0 aromatic heterocycles. The molecule has 0 aliphatic rings. The second-order valence-electron chi connectivity index (χ2n) is 5.68. The van der Waals surface area contributed by atoms with E-state index in [1.54, 1.807) is 7.11 Å². The molecule has 3 nitrogen and oxygen atoms in total. The number of halogens is 1. The molecule has 1 aromatic rings. The van der Waals surface area contributed by atoms with Gasteiger partial charge < -0.3 is 14.8 Å². The number of hydrogen-bond donors (Lipinski definition) is 1. The fraction of sp³-hybridized carbons (Fsp3) is 0.600. The molecule has 4 heteroatoms. The van der Waals surface area contributed by atoms with Crippen molar-refractivity contribution in [2.45, 2.75) is 27.2 Å². The van der Waals surface area contributed by atoms with Gasteiger partial charge in [-0.25, -0.2) is 0 Å². The van der Waals surface area contributed by atoms with Gasteiger partial charge in [0.25, 0.3) is 0 Å². The highest BCUT2D eigenvalue weighted by Gasteiger charge is 2.09. The number of para-hydroxylation sites is 1. The van der Waals surface area contributed by atoms with E-state index in [9.17, 15) is 0 Å². The molecule has 108 valence electrons. The van der Waals surface area contributed by atoms with Crippen molar-refractivity contribution in [1.82, 2.24) is 5.32 Å². The zero-order valence-electron chi connectivity index (χ0n) is 12.3. The predicted octanol–water partition coefficient (Wildman–Crippen LogP) is 3.86. The van der Waals surface area contributed by atoms with Crippen molar-refractivity contribution in [2.75, 3.05) is 26.8 Å². The van der Waals surface area contributed by atoms with Gasteiger partial charge in [0, 0.05) is 6.54 Å². The average molecular weight is 330 g/mol. The van der Waals surface area contributed by atoms with Crippen molar-refractivity contribution in [3.8, 4) is 11.5 Å². The van der Waals surface area contributed by atoms with Crippen LogP contribution in [0.4, 0.5) is 0 Å². The van der Waals surface area contributed by atoms with E-state index in [0.29, 0.717) is 12.0 Å². The summed E-state index contributed by atoms with van der Waals surface area (Å²) in [7, 11) is 1.65. The smallest absolute Gasteiger partial charge is 0.175 e. The Morgan fingerprint density at radius 3 is 2.58 bits per heavy atom. The highest BCUT2D eigenvalue weighted by molar-refractivity contribution is 9.10. The van der Waals surface area contributed by atoms with E-state index >= 15 is 0 Å². The van der Waals surface area contributed by atoms with E-state index < -0.39 is 0 Å². The fourth-order valence-corrected chi connectivity index (χ4v) is 2.07. The quantitative estimate of drug-likeness (QED) is 0.770. The second kappa shape index (κ2) is 7.75. The Balaban J connectivity index is 2.30. The molecule has 1 aromatic carbocycles. The molecular formula is C15H24BrNO2. The van der Waals surface area contributed by atoms with Gasteiger partial charge >= 0.3 is 0 Å². The topological polar surface area (TPSA) is 30.5 Å². The van der Waals surface area contributed by atoms with E-state index in [4.69, 9.17) is 9.47 Å². The molecule has 19 heavy (non-hydrogen) atoms. The number of hydrogen-bond acceptors (Lipinski definition) is 3. The van der Waals surface area contributed by atoms with Crippen LogP contribution >= 0.6 is 15.9 Å². The van der Waals surface area contributed by atoms with Crippen LogP contribution in [0.3, 0.4) is 0 Å². The van der Waals surface area contributed by atoms with Crippen LogP contribution in [0.25, 0.3) is 0 Å². The van der Waals surface area contributed by atoms with Gasteiger partial charge in [-0.3, -0.25) is 0 Å². The Labute approximate surface area is 124 Å². The van der Waals surface area contributed by atoms with Crippen LogP contribution in [0.5, 0.6) is 11.5 Å². The highest BCUT2D eigenvalue weighted by atomic mass is 79.9. The first-order chi connectivity index (χ1) is 8.94. The Bertz CT molecular complexity index is 388. The monoisotopic (exact) mass is 329 g/mol. The van der Waals surface area contributed by atoms with Crippen molar-refractivity contribution >= 4 is 15.9 Å². The summed E-state index contributed by atoms with van der Waals surface area (Å²) in [5, 5.41) is 3.39. The van der Waals surface area contributed by atoms with Crippen molar-refractivity contribution in [3.05, 3.63) is 22.7 Å². The molecule has 0 saturated carbocycles. The number of methoxy groups -OCH3 is 1. The molecule has 1 N–H and O–H groups in total. The molecule has 0 aliphatic heterocycles.